The first-order chi connectivity index (χ1) is 12.0. The van der Waals surface area contributed by atoms with E-state index in [1.54, 1.807) is 26.0 Å². The highest BCUT2D eigenvalue weighted by Gasteiger charge is 2.37. The first-order valence-electron chi connectivity index (χ1n) is 9.16. The third kappa shape index (κ3) is 6.65. The smallest absolute Gasteiger partial charge is 0.311 e. The fourth-order valence-electron chi connectivity index (χ4n) is 2.85. The molecule has 0 radical (unpaired) electrons. The Morgan fingerprint density at radius 3 is 2.50 bits per heavy atom. The maximum absolute atomic E-state index is 12.5. The van der Waals surface area contributed by atoms with Gasteiger partial charge in [0.2, 0.25) is 0 Å². The molecule has 6 nitrogen and oxygen atoms in total. The maximum Gasteiger partial charge on any atom is 0.311 e. The van der Waals surface area contributed by atoms with Gasteiger partial charge in [-0.05, 0) is 58.6 Å². The predicted octanol–water partition coefficient (Wildman–Crippen LogP) is 3.58. The summed E-state index contributed by atoms with van der Waals surface area (Å²) in [6.07, 6.45) is 6.02. The summed E-state index contributed by atoms with van der Waals surface area (Å²) in [7, 11) is 1.35. The minimum absolute atomic E-state index is 0.00377. The van der Waals surface area contributed by atoms with Crippen LogP contribution >= 0.6 is 0 Å². The summed E-state index contributed by atoms with van der Waals surface area (Å²) in [5.41, 5.74) is -1.24. The van der Waals surface area contributed by atoms with Gasteiger partial charge in [-0.1, -0.05) is 13.8 Å². The molecule has 26 heavy (non-hydrogen) atoms. The van der Waals surface area contributed by atoms with Gasteiger partial charge in [-0.3, -0.25) is 9.59 Å². The number of Topliss-reactive ketones (excluding diaryl/α,β-unsaturated/α-hetero) is 1. The summed E-state index contributed by atoms with van der Waals surface area (Å²) in [5.74, 6) is -0.605. The third-order valence-electron chi connectivity index (χ3n) is 5.00. The number of carbonyl (C=O) groups excluding carboxylic acids is 3. The fourth-order valence-corrected chi connectivity index (χ4v) is 2.85. The second-order valence-electron chi connectivity index (χ2n) is 8.02. The molecule has 1 fully saturated rings. The average molecular weight is 368 g/mol. The Hall–Kier alpha value is -1.53. The van der Waals surface area contributed by atoms with Crippen molar-refractivity contribution in [1.29, 1.82) is 0 Å². The van der Waals surface area contributed by atoms with E-state index in [9.17, 15) is 14.4 Å². The van der Waals surface area contributed by atoms with Crippen LogP contribution in [-0.2, 0) is 28.9 Å². The molecule has 6 heteroatoms. The van der Waals surface area contributed by atoms with Crippen LogP contribution in [-0.4, -0.2) is 36.4 Å². The Labute approximate surface area is 156 Å². The minimum atomic E-state index is -0.711. The highest BCUT2D eigenvalue weighted by atomic mass is 17.2. The van der Waals surface area contributed by atoms with Crippen molar-refractivity contribution >= 4 is 17.5 Å². The molecule has 3 atom stereocenters. The van der Waals surface area contributed by atoms with Crippen molar-refractivity contribution in [3.05, 3.63) is 12.2 Å². The second kappa shape index (κ2) is 9.42. The van der Waals surface area contributed by atoms with E-state index in [1.165, 1.54) is 7.11 Å². The SMILES string of the molecule is COC(=O)[C@H](C)[C@H]1CC[C@@](C)(/C=C/C(=O)C(C)(C)CCCC(C)=O)OO1. The summed E-state index contributed by atoms with van der Waals surface area (Å²) in [4.78, 5) is 46.0. The molecular formula is C20H32O6. The molecule has 1 aliphatic rings. The van der Waals surface area contributed by atoms with Crippen LogP contribution in [0.25, 0.3) is 0 Å². The Morgan fingerprint density at radius 1 is 1.35 bits per heavy atom. The summed E-state index contributed by atoms with van der Waals surface area (Å²) < 4.78 is 4.73. The van der Waals surface area contributed by atoms with Crippen molar-refractivity contribution < 1.29 is 28.9 Å². The highest BCUT2D eigenvalue weighted by molar-refractivity contribution is 5.94. The van der Waals surface area contributed by atoms with Crippen LogP contribution in [0.2, 0.25) is 0 Å². The molecule has 0 aliphatic carbocycles. The van der Waals surface area contributed by atoms with Crippen molar-refractivity contribution in [2.45, 2.75) is 78.4 Å². The van der Waals surface area contributed by atoms with Crippen LogP contribution < -0.4 is 0 Å². The number of rotatable bonds is 9. The van der Waals surface area contributed by atoms with Crippen LogP contribution in [0.1, 0.15) is 66.7 Å². The van der Waals surface area contributed by atoms with Crippen LogP contribution in [0.5, 0.6) is 0 Å². The van der Waals surface area contributed by atoms with Gasteiger partial charge in [0.05, 0.1) is 13.0 Å². The van der Waals surface area contributed by atoms with E-state index in [0.717, 1.165) is 0 Å². The van der Waals surface area contributed by atoms with Gasteiger partial charge in [0, 0.05) is 11.8 Å². The molecule has 148 valence electrons. The molecule has 0 aromatic rings. The number of methoxy groups -OCH3 is 1. The van der Waals surface area contributed by atoms with E-state index >= 15 is 0 Å². The normalized spacial score (nSPS) is 25.1. The molecule has 1 aliphatic heterocycles. The number of carbonyl (C=O) groups is 3. The first-order valence-corrected chi connectivity index (χ1v) is 9.16. The zero-order valence-corrected chi connectivity index (χ0v) is 16.8. The van der Waals surface area contributed by atoms with Gasteiger partial charge >= 0.3 is 5.97 Å². The Balaban J connectivity index is 2.58. The number of esters is 1. The van der Waals surface area contributed by atoms with Crippen LogP contribution in [0, 0.1) is 11.3 Å². The molecule has 1 saturated heterocycles. The van der Waals surface area contributed by atoms with Crippen molar-refractivity contribution in [1.82, 2.24) is 0 Å². The van der Waals surface area contributed by atoms with E-state index in [4.69, 9.17) is 14.5 Å². The number of hydrogen-bond donors (Lipinski definition) is 0. The van der Waals surface area contributed by atoms with Gasteiger partial charge in [-0.25, -0.2) is 9.78 Å². The standard InChI is InChI=1S/C20H32O6/c1-14(21)8-7-11-19(3,4)17(22)10-13-20(5)12-9-16(25-26-20)15(2)18(23)24-6/h10,13,15-16H,7-9,11-12H2,1-6H3/b13-10+/t15-,16-,20+/m1/s1. The van der Waals surface area contributed by atoms with E-state index in [0.29, 0.717) is 32.1 Å². The van der Waals surface area contributed by atoms with Crippen molar-refractivity contribution in [2.75, 3.05) is 7.11 Å². The molecule has 0 aromatic carbocycles. The summed E-state index contributed by atoms with van der Waals surface area (Å²) in [6.45, 7) is 8.91. The summed E-state index contributed by atoms with van der Waals surface area (Å²) in [6, 6.07) is 0. The van der Waals surface area contributed by atoms with Gasteiger partial charge in [-0.2, -0.15) is 0 Å². The molecule has 0 aromatic heterocycles. The number of ketones is 2. The lowest BCUT2D eigenvalue weighted by Crippen LogP contribution is -2.40. The first kappa shape index (κ1) is 22.5. The maximum atomic E-state index is 12.5. The highest BCUT2D eigenvalue weighted by Crippen LogP contribution is 2.32. The monoisotopic (exact) mass is 368 g/mol. The van der Waals surface area contributed by atoms with E-state index in [-0.39, 0.29) is 23.6 Å². The molecule has 0 amide bonds. The Bertz CT molecular complexity index is 541. The van der Waals surface area contributed by atoms with Gasteiger partial charge in [-0.15, -0.1) is 0 Å². The zero-order valence-electron chi connectivity index (χ0n) is 16.8. The average Bonchev–Trinajstić information content (AvgIpc) is 2.58. The van der Waals surface area contributed by atoms with Crippen molar-refractivity contribution in [3.63, 3.8) is 0 Å². The van der Waals surface area contributed by atoms with Gasteiger partial charge in [0.15, 0.2) is 5.78 Å². The molecule has 0 spiro atoms. The lowest BCUT2D eigenvalue weighted by Gasteiger charge is -2.35. The largest absolute Gasteiger partial charge is 0.469 e. The lowest BCUT2D eigenvalue weighted by molar-refractivity contribution is -0.398. The van der Waals surface area contributed by atoms with Crippen molar-refractivity contribution in [2.24, 2.45) is 11.3 Å². The van der Waals surface area contributed by atoms with E-state index < -0.39 is 16.9 Å². The predicted molar refractivity (Wildman–Crippen MR) is 97.2 cm³/mol. The van der Waals surface area contributed by atoms with Gasteiger partial charge in [0.1, 0.15) is 17.5 Å². The number of hydrogen-bond acceptors (Lipinski definition) is 6. The third-order valence-corrected chi connectivity index (χ3v) is 5.00. The summed E-state index contributed by atoms with van der Waals surface area (Å²) in [5, 5.41) is 0. The Kier molecular flexibility index (Phi) is 8.15. The number of ether oxygens (including phenoxy) is 1. The van der Waals surface area contributed by atoms with Crippen LogP contribution in [0.15, 0.2) is 12.2 Å². The molecular weight excluding hydrogens is 336 g/mol. The second-order valence-corrected chi connectivity index (χ2v) is 8.02. The van der Waals surface area contributed by atoms with E-state index in [1.807, 2.05) is 20.8 Å². The fraction of sp³-hybridized carbons (Fsp3) is 0.750. The molecule has 0 saturated carbocycles. The lowest BCUT2D eigenvalue weighted by atomic mass is 9.81. The molecule has 1 rings (SSSR count). The van der Waals surface area contributed by atoms with Gasteiger partial charge in [0.25, 0.3) is 0 Å². The molecule has 0 unspecified atom stereocenters. The molecule has 0 N–H and O–H groups in total. The quantitative estimate of drug-likeness (QED) is 0.352. The topological polar surface area (TPSA) is 78.9 Å². The molecule has 1 heterocycles. The number of allylic oxidation sites excluding steroid dienone is 1. The van der Waals surface area contributed by atoms with Crippen LogP contribution in [0.4, 0.5) is 0 Å². The minimum Gasteiger partial charge on any atom is -0.469 e. The summed E-state index contributed by atoms with van der Waals surface area (Å²) >= 11 is 0. The molecule has 0 bridgehead atoms. The zero-order chi connectivity index (χ0) is 20.0. The van der Waals surface area contributed by atoms with Crippen molar-refractivity contribution in [3.8, 4) is 0 Å². The van der Waals surface area contributed by atoms with E-state index in [2.05, 4.69) is 0 Å². The van der Waals surface area contributed by atoms with Gasteiger partial charge < -0.3 is 9.53 Å². The Morgan fingerprint density at radius 2 is 2.00 bits per heavy atom. The van der Waals surface area contributed by atoms with Crippen LogP contribution in [0.3, 0.4) is 0 Å².